The van der Waals surface area contributed by atoms with E-state index in [4.69, 9.17) is 0 Å². The highest BCUT2D eigenvalue weighted by atomic mass is 32.2. The summed E-state index contributed by atoms with van der Waals surface area (Å²) in [5.41, 5.74) is 0.405. The van der Waals surface area contributed by atoms with Crippen LogP contribution in [0, 0.1) is 11.7 Å². The summed E-state index contributed by atoms with van der Waals surface area (Å²) >= 11 is 0. The van der Waals surface area contributed by atoms with Gasteiger partial charge in [0.15, 0.2) is 0 Å². The van der Waals surface area contributed by atoms with E-state index in [-0.39, 0.29) is 22.8 Å². The lowest BCUT2D eigenvalue weighted by atomic mass is 10.0. The van der Waals surface area contributed by atoms with Crippen molar-refractivity contribution >= 4 is 31.6 Å². The first-order valence-electron chi connectivity index (χ1n) is 10.2. The molecule has 0 radical (unpaired) electrons. The van der Waals surface area contributed by atoms with E-state index >= 15 is 0 Å². The Kier molecular flexibility index (Phi) is 7.65. The third-order valence-electron chi connectivity index (χ3n) is 5.29. The standard InChI is InChI=1S/C21H26FN3O5S2/c1-16-11-14-25(15-12-16)32(29,30)20-8-4-18(5-9-20)24-21(26)10-13-23-31(27,28)19-6-2-17(22)3-7-19/h2-9,16,23H,10-15H2,1H3,(H,24,26). The number of anilines is 1. The maximum absolute atomic E-state index is 12.9. The third-order valence-corrected chi connectivity index (χ3v) is 8.68. The SMILES string of the molecule is CC1CCN(S(=O)(=O)c2ccc(NC(=O)CCNS(=O)(=O)c3ccc(F)cc3)cc2)CC1. The van der Waals surface area contributed by atoms with Gasteiger partial charge in [0.2, 0.25) is 26.0 Å². The van der Waals surface area contributed by atoms with Crippen molar-refractivity contribution in [1.29, 1.82) is 0 Å². The van der Waals surface area contributed by atoms with Crippen LogP contribution in [0.25, 0.3) is 0 Å². The van der Waals surface area contributed by atoms with Crippen LogP contribution < -0.4 is 10.0 Å². The summed E-state index contributed by atoms with van der Waals surface area (Å²) in [5.74, 6) is -0.473. The largest absolute Gasteiger partial charge is 0.326 e. The Morgan fingerprint density at radius 3 is 2.12 bits per heavy atom. The van der Waals surface area contributed by atoms with Gasteiger partial charge in [-0.25, -0.2) is 25.9 Å². The maximum Gasteiger partial charge on any atom is 0.243 e. The van der Waals surface area contributed by atoms with Crippen LogP contribution in [0.3, 0.4) is 0 Å². The minimum atomic E-state index is -3.85. The maximum atomic E-state index is 12.9. The van der Waals surface area contributed by atoms with Crippen LogP contribution in [0.2, 0.25) is 0 Å². The number of piperidine rings is 1. The molecule has 1 amide bonds. The van der Waals surface area contributed by atoms with Gasteiger partial charge in [-0.3, -0.25) is 4.79 Å². The van der Waals surface area contributed by atoms with Crippen molar-refractivity contribution in [2.75, 3.05) is 25.0 Å². The number of nitrogens with zero attached hydrogens (tertiary/aromatic N) is 1. The van der Waals surface area contributed by atoms with Crippen molar-refractivity contribution in [3.63, 3.8) is 0 Å². The van der Waals surface area contributed by atoms with E-state index in [0.29, 0.717) is 24.7 Å². The number of carbonyl (C=O) groups excluding carboxylic acids is 1. The number of benzene rings is 2. The van der Waals surface area contributed by atoms with Gasteiger partial charge in [-0.1, -0.05) is 6.92 Å². The highest BCUT2D eigenvalue weighted by Crippen LogP contribution is 2.24. The number of sulfonamides is 2. The summed E-state index contributed by atoms with van der Waals surface area (Å²) in [4.78, 5) is 12.2. The fraction of sp³-hybridized carbons (Fsp3) is 0.381. The van der Waals surface area contributed by atoms with Crippen molar-refractivity contribution < 1.29 is 26.0 Å². The van der Waals surface area contributed by atoms with Gasteiger partial charge in [-0.2, -0.15) is 4.31 Å². The van der Waals surface area contributed by atoms with Crippen LogP contribution >= 0.6 is 0 Å². The zero-order valence-electron chi connectivity index (χ0n) is 17.6. The molecule has 11 heteroatoms. The van der Waals surface area contributed by atoms with E-state index in [9.17, 15) is 26.0 Å². The highest BCUT2D eigenvalue weighted by Gasteiger charge is 2.27. The summed E-state index contributed by atoms with van der Waals surface area (Å²) in [7, 11) is -7.42. The van der Waals surface area contributed by atoms with Crippen molar-refractivity contribution in [2.45, 2.75) is 36.0 Å². The zero-order valence-corrected chi connectivity index (χ0v) is 19.3. The number of carbonyl (C=O) groups is 1. The molecule has 0 aliphatic carbocycles. The van der Waals surface area contributed by atoms with E-state index in [1.165, 1.54) is 28.6 Å². The summed E-state index contributed by atoms with van der Waals surface area (Å²) in [6.07, 6.45) is 1.53. The van der Waals surface area contributed by atoms with Gasteiger partial charge in [0, 0.05) is 31.7 Å². The fourth-order valence-corrected chi connectivity index (χ4v) is 5.81. The number of halogens is 1. The number of amides is 1. The summed E-state index contributed by atoms with van der Waals surface area (Å²) < 4.78 is 66.5. The van der Waals surface area contributed by atoms with Crippen molar-refractivity contribution in [1.82, 2.24) is 9.03 Å². The molecular weight excluding hydrogens is 457 g/mol. The molecule has 0 spiro atoms. The van der Waals surface area contributed by atoms with Gasteiger partial charge >= 0.3 is 0 Å². The summed E-state index contributed by atoms with van der Waals surface area (Å²) in [6.45, 7) is 2.95. The van der Waals surface area contributed by atoms with Crippen molar-refractivity contribution in [3.05, 3.63) is 54.3 Å². The molecule has 1 aliphatic rings. The van der Waals surface area contributed by atoms with Gasteiger partial charge in [0.1, 0.15) is 5.82 Å². The second-order valence-electron chi connectivity index (χ2n) is 7.76. The Hall–Kier alpha value is -2.34. The van der Waals surface area contributed by atoms with Crippen LogP contribution in [-0.4, -0.2) is 46.7 Å². The Morgan fingerprint density at radius 2 is 1.53 bits per heavy atom. The van der Waals surface area contributed by atoms with Crippen LogP contribution in [0.15, 0.2) is 58.3 Å². The first-order chi connectivity index (χ1) is 15.1. The van der Waals surface area contributed by atoms with E-state index in [2.05, 4.69) is 17.0 Å². The number of nitrogens with one attached hydrogen (secondary N) is 2. The lowest BCUT2D eigenvalue weighted by Crippen LogP contribution is -2.37. The van der Waals surface area contributed by atoms with Crippen molar-refractivity contribution in [3.8, 4) is 0 Å². The molecule has 0 unspecified atom stereocenters. The zero-order chi connectivity index (χ0) is 23.4. The Morgan fingerprint density at radius 1 is 0.969 bits per heavy atom. The molecule has 1 saturated heterocycles. The molecule has 1 heterocycles. The topological polar surface area (TPSA) is 113 Å². The molecule has 32 heavy (non-hydrogen) atoms. The average molecular weight is 484 g/mol. The highest BCUT2D eigenvalue weighted by molar-refractivity contribution is 7.89. The molecule has 2 aromatic rings. The van der Waals surface area contributed by atoms with Crippen LogP contribution in [0.4, 0.5) is 10.1 Å². The molecule has 2 aromatic carbocycles. The predicted molar refractivity (Wildman–Crippen MR) is 118 cm³/mol. The van der Waals surface area contributed by atoms with Gasteiger partial charge in [0.25, 0.3) is 0 Å². The van der Waals surface area contributed by atoms with Gasteiger partial charge in [0.05, 0.1) is 9.79 Å². The second-order valence-corrected chi connectivity index (χ2v) is 11.5. The molecule has 0 aromatic heterocycles. The molecule has 1 fully saturated rings. The normalized spacial score (nSPS) is 16.1. The molecule has 0 bridgehead atoms. The smallest absolute Gasteiger partial charge is 0.243 e. The molecule has 174 valence electrons. The van der Waals surface area contributed by atoms with E-state index < -0.39 is 31.8 Å². The van der Waals surface area contributed by atoms with E-state index in [1.54, 1.807) is 0 Å². The molecule has 2 N–H and O–H groups in total. The molecule has 0 saturated carbocycles. The minimum Gasteiger partial charge on any atom is -0.326 e. The van der Waals surface area contributed by atoms with Crippen LogP contribution in [0.5, 0.6) is 0 Å². The molecule has 0 atom stereocenters. The number of hydrogen-bond donors (Lipinski definition) is 2. The molecule has 1 aliphatic heterocycles. The molecular formula is C21H26FN3O5S2. The second kappa shape index (κ2) is 10.1. The van der Waals surface area contributed by atoms with Gasteiger partial charge in [-0.05, 0) is 67.3 Å². The average Bonchev–Trinajstić information content (AvgIpc) is 2.74. The Bertz CT molecular complexity index is 1140. The summed E-state index contributed by atoms with van der Waals surface area (Å²) in [5, 5.41) is 2.61. The fourth-order valence-electron chi connectivity index (χ4n) is 3.30. The quantitative estimate of drug-likeness (QED) is 0.599. The lowest BCUT2D eigenvalue weighted by molar-refractivity contribution is -0.116. The predicted octanol–water partition coefficient (Wildman–Crippen LogP) is 2.55. The van der Waals surface area contributed by atoms with Crippen LogP contribution in [-0.2, 0) is 24.8 Å². The molecule has 8 nitrogen and oxygen atoms in total. The molecule has 3 rings (SSSR count). The first-order valence-corrected chi connectivity index (χ1v) is 13.2. The minimum absolute atomic E-state index is 0.0979. The lowest BCUT2D eigenvalue weighted by Gasteiger charge is -2.29. The number of hydrogen-bond acceptors (Lipinski definition) is 5. The Balaban J connectivity index is 1.52. The first kappa shape index (κ1) is 24.3. The van der Waals surface area contributed by atoms with E-state index in [0.717, 1.165) is 37.1 Å². The van der Waals surface area contributed by atoms with Gasteiger partial charge in [-0.15, -0.1) is 0 Å². The third kappa shape index (κ3) is 6.12. The van der Waals surface area contributed by atoms with Gasteiger partial charge < -0.3 is 5.32 Å². The van der Waals surface area contributed by atoms with Crippen molar-refractivity contribution in [2.24, 2.45) is 5.92 Å². The van der Waals surface area contributed by atoms with E-state index in [1.807, 2.05) is 0 Å². The monoisotopic (exact) mass is 483 g/mol. The Labute approximate surface area is 187 Å². The number of rotatable bonds is 8. The van der Waals surface area contributed by atoms with Crippen LogP contribution in [0.1, 0.15) is 26.2 Å². The summed E-state index contributed by atoms with van der Waals surface area (Å²) in [6, 6.07) is 10.2.